The average Bonchev–Trinajstić information content (AvgIpc) is 2.69. The lowest BCUT2D eigenvalue weighted by atomic mass is 10.0. The van der Waals surface area contributed by atoms with Gasteiger partial charge in [0.15, 0.2) is 0 Å². The van der Waals surface area contributed by atoms with Crippen LogP contribution in [0.5, 0.6) is 0 Å². The first-order chi connectivity index (χ1) is 13.1. The van der Waals surface area contributed by atoms with Crippen LogP contribution in [0.3, 0.4) is 0 Å². The Balaban J connectivity index is 0.000000665. The van der Waals surface area contributed by atoms with E-state index >= 15 is 0 Å². The number of primary amides is 1. The normalized spacial score (nSPS) is 9.52. The van der Waals surface area contributed by atoms with Gasteiger partial charge in [-0.3, -0.25) is 4.79 Å². The summed E-state index contributed by atoms with van der Waals surface area (Å²) in [5, 5.41) is 6.14. The molecule has 3 aromatic rings. The van der Waals surface area contributed by atoms with Gasteiger partial charge in [0.25, 0.3) is 5.91 Å². The first-order valence-corrected chi connectivity index (χ1v) is 9.74. The number of carbonyl (C=O) groups excluding carboxylic acids is 1. The Morgan fingerprint density at radius 1 is 1.00 bits per heavy atom. The van der Waals surface area contributed by atoms with Crippen LogP contribution in [0, 0.1) is 0 Å². The highest BCUT2D eigenvalue weighted by atomic mass is 35.5. The van der Waals surface area contributed by atoms with E-state index in [9.17, 15) is 4.79 Å². The van der Waals surface area contributed by atoms with Crippen molar-refractivity contribution in [3.8, 4) is 0 Å². The predicted octanol–water partition coefficient (Wildman–Crippen LogP) is 6.65. The third-order valence-electron chi connectivity index (χ3n) is 3.60. The Hall–Kier alpha value is -2.52. The van der Waals surface area contributed by atoms with E-state index < -0.39 is 5.91 Å². The molecular formula is C23H29ClN2O. The summed E-state index contributed by atoms with van der Waals surface area (Å²) >= 11 is 5.92. The highest BCUT2D eigenvalue weighted by Crippen LogP contribution is 2.23. The Bertz CT molecular complexity index is 857. The average molecular weight is 385 g/mol. The molecule has 0 saturated heterocycles. The van der Waals surface area contributed by atoms with E-state index in [1.54, 1.807) is 18.2 Å². The molecule has 3 nitrogen and oxygen atoms in total. The molecule has 3 rings (SSSR count). The van der Waals surface area contributed by atoms with Gasteiger partial charge in [-0.2, -0.15) is 0 Å². The molecule has 0 fully saturated rings. The van der Waals surface area contributed by atoms with Crippen molar-refractivity contribution in [2.24, 2.45) is 5.73 Å². The van der Waals surface area contributed by atoms with Crippen LogP contribution in [0.2, 0.25) is 5.02 Å². The van der Waals surface area contributed by atoms with E-state index in [0.29, 0.717) is 22.8 Å². The van der Waals surface area contributed by atoms with E-state index in [4.69, 9.17) is 17.3 Å². The summed E-state index contributed by atoms with van der Waals surface area (Å²) in [6.07, 6.45) is 1.25. The largest absolute Gasteiger partial charge is 0.380 e. The molecule has 0 bridgehead atoms. The van der Waals surface area contributed by atoms with Crippen LogP contribution >= 0.6 is 11.6 Å². The van der Waals surface area contributed by atoms with Gasteiger partial charge in [-0.25, -0.2) is 0 Å². The Labute approximate surface area is 167 Å². The molecule has 0 heterocycles. The minimum Gasteiger partial charge on any atom is -0.380 e. The van der Waals surface area contributed by atoms with E-state index in [0.717, 1.165) is 5.56 Å². The molecule has 3 aromatic carbocycles. The number of rotatable bonds is 4. The highest BCUT2D eigenvalue weighted by Gasteiger charge is 2.09. The third kappa shape index (κ3) is 6.61. The summed E-state index contributed by atoms with van der Waals surface area (Å²) in [7, 11) is 0. The van der Waals surface area contributed by atoms with E-state index in [-0.39, 0.29) is 0 Å². The van der Waals surface area contributed by atoms with Crippen LogP contribution in [-0.2, 0) is 6.54 Å². The third-order valence-corrected chi connectivity index (χ3v) is 3.83. The molecule has 0 aliphatic rings. The van der Waals surface area contributed by atoms with E-state index in [2.05, 4.69) is 43.4 Å². The highest BCUT2D eigenvalue weighted by molar-refractivity contribution is 6.31. The van der Waals surface area contributed by atoms with Gasteiger partial charge in [-0.1, -0.05) is 88.2 Å². The standard InChI is InChI=1S/C18H15ClN2O.C3H8.C2H6/c19-14-8-9-17(16(10-14)18(20)22)21-11-13-6-3-5-12-4-1-2-7-15(12)13;1-3-2;1-2/h1-10,21H,11H2,(H2,20,22);3H2,1-2H3;1-2H3. The second kappa shape index (κ2) is 12.0. The number of hydrogen-bond donors (Lipinski definition) is 2. The number of nitrogens with two attached hydrogens (primary N) is 1. The maximum absolute atomic E-state index is 11.5. The van der Waals surface area contributed by atoms with Crippen molar-refractivity contribution in [2.45, 2.75) is 40.7 Å². The van der Waals surface area contributed by atoms with Gasteiger partial charge in [0.2, 0.25) is 0 Å². The maximum atomic E-state index is 11.5. The van der Waals surface area contributed by atoms with Crippen LogP contribution in [0.4, 0.5) is 5.69 Å². The van der Waals surface area contributed by atoms with Gasteiger partial charge in [0, 0.05) is 17.3 Å². The minimum atomic E-state index is -0.497. The van der Waals surface area contributed by atoms with Gasteiger partial charge >= 0.3 is 0 Å². The smallest absolute Gasteiger partial charge is 0.250 e. The van der Waals surface area contributed by atoms with Crippen LogP contribution in [0.1, 0.15) is 50.0 Å². The lowest BCUT2D eigenvalue weighted by molar-refractivity contribution is 0.100. The zero-order valence-corrected chi connectivity index (χ0v) is 17.3. The lowest BCUT2D eigenvalue weighted by Gasteiger charge is -2.12. The summed E-state index contributed by atoms with van der Waals surface area (Å²) in [4.78, 5) is 11.5. The molecule has 0 spiro atoms. The van der Waals surface area contributed by atoms with Crippen molar-refractivity contribution in [3.05, 3.63) is 76.8 Å². The van der Waals surface area contributed by atoms with Gasteiger partial charge in [0.05, 0.1) is 5.56 Å². The molecule has 0 aliphatic heterocycles. The fourth-order valence-electron chi connectivity index (χ4n) is 2.51. The molecule has 3 N–H and O–H groups in total. The molecule has 1 amide bonds. The number of carbonyl (C=O) groups is 1. The number of hydrogen-bond acceptors (Lipinski definition) is 2. The van der Waals surface area contributed by atoms with Crippen molar-refractivity contribution >= 4 is 34.0 Å². The topological polar surface area (TPSA) is 55.1 Å². The summed E-state index contributed by atoms with van der Waals surface area (Å²) in [5.74, 6) is -0.497. The first kappa shape index (κ1) is 22.5. The van der Waals surface area contributed by atoms with Crippen LogP contribution in [-0.4, -0.2) is 5.91 Å². The number of fused-ring (bicyclic) bond motifs is 1. The number of anilines is 1. The van der Waals surface area contributed by atoms with E-state index in [1.807, 2.05) is 32.0 Å². The molecule has 0 radical (unpaired) electrons. The van der Waals surface area contributed by atoms with Crippen LogP contribution in [0.15, 0.2) is 60.7 Å². The summed E-state index contributed by atoms with van der Waals surface area (Å²) in [6, 6.07) is 19.5. The van der Waals surface area contributed by atoms with Crippen molar-refractivity contribution in [1.82, 2.24) is 0 Å². The van der Waals surface area contributed by atoms with Gasteiger partial charge in [-0.15, -0.1) is 0 Å². The molecule has 0 saturated carbocycles. The fourth-order valence-corrected chi connectivity index (χ4v) is 2.68. The van der Waals surface area contributed by atoms with Gasteiger partial charge in [0.1, 0.15) is 0 Å². The maximum Gasteiger partial charge on any atom is 0.250 e. The van der Waals surface area contributed by atoms with Crippen molar-refractivity contribution in [1.29, 1.82) is 0 Å². The fraction of sp³-hybridized carbons (Fsp3) is 0.261. The zero-order valence-electron chi connectivity index (χ0n) is 16.6. The number of halogens is 1. The number of amides is 1. The molecule has 0 unspecified atom stereocenters. The zero-order chi connectivity index (χ0) is 20.2. The minimum absolute atomic E-state index is 0.396. The Kier molecular flexibility index (Phi) is 9.99. The molecule has 0 atom stereocenters. The van der Waals surface area contributed by atoms with Crippen LogP contribution < -0.4 is 11.1 Å². The molecule has 144 valence electrons. The quantitative estimate of drug-likeness (QED) is 0.529. The summed E-state index contributed by atoms with van der Waals surface area (Å²) < 4.78 is 0. The van der Waals surface area contributed by atoms with Gasteiger partial charge in [-0.05, 0) is 34.5 Å². The molecule has 4 heteroatoms. The molecule has 0 aromatic heterocycles. The Morgan fingerprint density at radius 3 is 2.30 bits per heavy atom. The SMILES string of the molecule is CC.CCC.NC(=O)c1cc(Cl)ccc1NCc1cccc2ccccc12. The van der Waals surface area contributed by atoms with Gasteiger partial charge < -0.3 is 11.1 Å². The second-order valence-electron chi connectivity index (χ2n) is 5.75. The van der Waals surface area contributed by atoms with E-state index in [1.165, 1.54) is 17.2 Å². The molecular weight excluding hydrogens is 356 g/mol. The van der Waals surface area contributed by atoms with Crippen LogP contribution in [0.25, 0.3) is 10.8 Å². The van der Waals surface area contributed by atoms with Crippen molar-refractivity contribution in [2.75, 3.05) is 5.32 Å². The lowest BCUT2D eigenvalue weighted by Crippen LogP contribution is -2.14. The number of nitrogens with one attached hydrogen (secondary N) is 1. The predicted molar refractivity (Wildman–Crippen MR) is 119 cm³/mol. The Morgan fingerprint density at radius 2 is 1.63 bits per heavy atom. The summed E-state index contributed by atoms with van der Waals surface area (Å²) in [6.45, 7) is 8.85. The molecule has 0 aliphatic carbocycles. The van der Waals surface area contributed by atoms with Crippen molar-refractivity contribution < 1.29 is 4.79 Å². The second-order valence-corrected chi connectivity index (χ2v) is 6.19. The first-order valence-electron chi connectivity index (χ1n) is 9.36. The summed E-state index contributed by atoms with van der Waals surface area (Å²) in [5.41, 5.74) is 7.64. The monoisotopic (exact) mass is 384 g/mol. The number of benzene rings is 3. The van der Waals surface area contributed by atoms with Crippen molar-refractivity contribution in [3.63, 3.8) is 0 Å². The molecule has 27 heavy (non-hydrogen) atoms.